The molecule has 3 heteroatoms. The standard InChI is InChI=1S/C12H13Cl2N/c1-3-7-15-12(4-2)9-5-6-10(13)11(14)8-9/h2,5-6,8,12,15H,3,7H2,1H3. The van der Waals surface area contributed by atoms with E-state index in [9.17, 15) is 0 Å². The Morgan fingerprint density at radius 3 is 2.67 bits per heavy atom. The van der Waals surface area contributed by atoms with Gasteiger partial charge in [0.25, 0.3) is 0 Å². The Bertz CT molecular complexity index is 368. The second kappa shape index (κ2) is 6.02. The molecule has 1 aromatic rings. The molecule has 0 aromatic heterocycles. The van der Waals surface area contributed by atoms with Gasteiger partial charge in [0.05, 0.1) is 16.1 Å². The van der Waals surface area contributed by atoms with Crippen molar-refractivity contribution in [3.8, 4) is 12.3 Å². The molecule has 0 spiro atoms. The summed E-state index contributed by atoms with van der Waals surface area (Å²) in [6, 6.07) is 5.36. The van der Waals surface area contributed by atoms with Crippen LogP contribution < -0.4 is 5.32 Å². The van der Waals surface area contributed by atoms with Crippen molar-refractivity contribution in [3.63, 3.8) is 0 Å². The van der Waals surface area contributed by atoms with Gasteiger partial charge < -0.3 is 5.32 Å². The normalized spacial score (nSPS) is 12.1. The minimum absolute atomic E-state index is 0.0975. The van der Waals surface area contributed by atoms with Crippen molar-refractivity contribution in [2.24, 2.45) is 0 Å². The fourth-order valence-electron chi connectivity index (χ4n) is 1.25. The number of halogens is 2. The molecule has 0 aliphatic rings. The first kappa shape index (κ1) is 12.4. The Morgan fingerprint density at radius 1 is 1.40 bits per heavy atom. The molecule has 0 amide bonds. The average Bonchev–Trinajstić information content (AvgIpc) is 2.24. The van der Waals surface area contributed by atoms with Crippen LogP contribution in [-0.2, 0) is 0 Å². The lowest BCUT2D eigenvalue weighted by atomic mass is 10.1. The molecule has 1 N–H and O–H groups in total. The fraction of sp³-hybridized carbons (Fsp3) is 0.333. The van der Waals surface area contributed by atoms with Crippen molar-refractivity contribution in [2.45, 2.75) is 19.4 Å². The highest BCUT2D eigenvalue weighted by atomic mass is 35.5. The van der Waals surface area contributed by atoms with Crippen molar-refractivity contribution in [1.82, 2.24) is 5.32 Å². The van der Waals surface area contributed by atoms with E-state index in [1.807, 2.05) is 6.07 Å². The first-order valence-corrected chi connectivity index (χ1v) is 5.59. The SMILES string of the molecule is C#CC(NCCC)c1ccc(Cl)c(Cl)c1. The van der Waals surface area contributed by atoms with Gasteiger partial charge in [0.15, 0.2) is 0 Å². The van der Waals surface area contributed by atoms with E-state index in [0.717, 1.165) is 18.5 Å². The van der Waals surface area contributed by atoms with Crippen LogP contribution in [0.3, 0.4) is 0 Å². The van der Waals surface area contributed by atoms with Crippen LogP contribution in [0.1, 0.15) is 24.9 Å². The fourth-order valence-corrected chi connectivity index (χ4v) is 1.56. The van der Waals surface area contributed by atoms with Crippen LogP contribution in [0, 0.1) is 12.3 Å². The zero-order valence-corrected chi connectivity index (χ0v) is 10.1. The molecule has 1 unspecified atom stereocenters. The lowest BCUT2D eigenvalue weighted by molar-refractivity contribution is 0.626. The topological polar surface area (TPSA) is 12.0 Å². The quantitative estimate of drug-likeness (QED) is 0.794. The smallest absolute Gasteiger partial charge is 0.0943 e. The van der Waals surface area contributed by atoms with Crippen LogP contribution in [0.25, 0.3) is 0 Å². The summed E-state index contributed by atoms with van der Waals surface area (Å²) in [4.78, 5) is 0. The maximum absolute atomic E-state index is 5.92. The molecule has 0 aliphatic heterocycles. The van der Waals surface area contributed by atoms with Gasteiger partial charge in [-0.25, -0.2) is 0 Å². The van der Waals surface area contributed by atoms with E-state index in [4.69, 9.17) is 29.6 Å². The van der Waals surface area contributed by atoms with E-state index in [0.29, 0.717) is 10.0 Å². The third-order valence-electron chi connectivity index (χ3n) is 2.04. The van der Waals surface area contributed by atoms with E-state index in [1.165, 1.54) is 0 Å². The molecule has 1 rings (SSSR count). The summed E-state index contributed by atoms with van der Waals surface area (Å²) in [5.41, 5.74) is 0.973. The second-order valence-electron chi connectivity index (χ2n) is 3.23. The zero-order valence-electron chi connectivity index (χ0n) is 8.56. The number of benzene rings is 1. The minimum atomic E-state index is -0.0975. The van der Waals surface area contributed by atoms with Gasteiger partial charge in [-0.15, -0.1) is 6.42 Å². The molecule has 0 saturated heterocycles. The van der Waals surface area contributed by atoms with E-state index < -0.39 is 0 Å². The molecule has 1 aromatic carbocycles. The van der Waals surface area contributed by atoms with Crippen LogP contribution in [0.5, 0.6) is 0 Å². The summed E-state index contributed by atoms with van der Waals surface area (Å²) >= 11 is 11.7. The predicted octanol–water partition coefficient (Wildman–Crippen LogP) is 3.67. The molecule has 0 saturated carbocycles. The molecular weight excluding hydrogens is 229 g/mol. The summed E-state index contributed by atoms with van der Waals surface area (Å²) in [5, 5.41) is 4.33. The summed E-state index contributed by atoms with van der Waals surface area (Å²) in [7, 11) is 0. The Balaban J connectivity index is 2.84. The minimum Gasteiger partial charge on any atom is -0.300 e. The van der Waals surface area contributed by atoms with E-state index in [1.54, 1.807) is 12.1 Å². The largest absolute Gasteiger partial charge is 0.300 e. The van der Waals surface area contributed by atoms with Crippen molar-refractivity contribution in [1.29, 1.82) is 0 Å². The number of hydrogen-bond donors (Lipinski definition) is 1. The molecule has 1 atom stereocenters. The van der Waals surface area contributed by atoms with Crippen molar-refractivity contribution in [2.75, 3.05) is 6.54 Å². The molecule has 0 bridgehead atoms. The lowest BCUT2D eigenvalue weighted by Gasteiger charge is -2.13. The van der Waals surface area contributed by atoms with E-state index >= 15 is 0 Å². The highest BCUT2D eigenvalue weighted by Gasteiger charge is 2.08. The summed E-state index contributed by atoms with van der Waals surface area (Å²) in [5.74, 6) is 2.69. The molecule has 15 heavy (non-hydrogen) atoms. The maximum Gasteiger partial charge on any atom is 0.0943 e. The number of nitrogens with one attached hydrogen (secondary N) is 1. The summed E-state index contributed by atoms with van der Waals surface area (Å²) in [6.45, 7) is 2.98. The van der Waals surface area contributed by atoms with Gasteiger partial charge in [-0.3, -0.25) is 0 Å². The Kier molecular flexibility index (Phi) is 4.98. The molecule has 0 heterocycles. The van der Waals surface area contributed by atoms with E-state index in [2.05, 4.69) is 18.2 Å². The third kappa shape index (κ3) is 3.43. The third-order valence-corrected chi connectivity index (χ3v) is 2.78. The number of terminal acetylenes is 1. The first-order valence-electron chi connectivity index (χ1n) is 4.83. The lowest BCUT2D eigenvalue weighted by Crippen LogP contribution is -2.20. The van der Waals surface area contributed by atoms with Gasteiger partial charge in [0.1, 0.15) is 0 Å². The highest BCUT2D eigenvalue weighted by molar-refractivity contribution is 6.42. The van der Waals surface area contributed by atoms with Crippen molar-refractivity contribution < 1.29 is 0 Å². The van der Waals surface area contributed by atoms with Gasteiger partial charge in [-0.05, 0) is 30.7 Å². The van der Waals surface area contributed by atoms with Gasteiger partial charge in [-0.1, -0.05) is 42.1 Å². The van der Waals surface area contributed by atoms with Crippen molar-refractivity contribution in [3.05, 3.63) is 33.8 Å². The van der Waals surface area contributed by atoms with Crippen LogP contribution in [-0.4, -0.2) is 6.54 Å². The van der Waals surface area contributed by atoms with Gasteiger partial charge in [-0.2, -0.15) is 0 Å². The molecule has 0 fully saturated rings. The molecule has 0 aliphatic carbocycles. The molecule has 80 valence electrons. The van der Waals surface area contributed by atoms with Crippen molar-refractivity contribution >= 4 is 23.2 Å². The van der Waals surface area contributed by atoms with E-state index in [-0.39, 0.29) is 6.04 Å². The Labute approximate surface area is 101 Å². The predicted molar refractivity (Wildman–Crippen MR) is 66.3 cm³/mol. The molecule has 0 radical (unpaired) electrons. The maximum atomic E-state index is 5.92. The monoisotopic (exact) mass is 241 g/mol. The second-order valence-corrected chi connectivity index (χ2v) is 4.04. The van der Waals surface area contributed by atoms with Gasteiger partial charge in [0, 0.05) is 0 Å². The zero-order chi connectivity index (χ0) is 11.3. The summed E-state index contributed by atoms with van der Waals surface area (Å²) < 4.78 is 0. The number of rotatable bonds is 4. The summed E-state index contributed by atoms with van der Waals surface area (Å²) in [6.07, 6.45) is 6.49. The molecular formula is C12H13Cl2N. The molecule has 1 nitrogen and oxygen atoms in total. The van der Waals surface area contributed by atoms with Gasteiger partial charge >= 0.3 is 0 Å². The van der Waals surface area contributed by atoms with Crippen LogP contribution in [0.4, 0.5) is 0 Å². The first-order chi connectivity index (χ1) is 7.19. The average molecular weight is 242 g/mol. The highest BCUT2D eigenvalue weighted by Crippen LogP contribution is 2.25. The van der Waals surface area contributed by atoms with Crippen LogP contribution in [0.15, 0.2) is 18.2 Å². The Hall–Kier alpha value is -0.680. The van der Waals surface area contributed by atoms with Crippen LogP contribution in [0.2, 0.25) is 10.0 Å². The van der Waals surface area contributed by atoms with Crippen LogP contribution >= 0.6 is 23.2 Å². The van der Waals surface area contributed by atoms with Gasteiger partial charge in [0.2, 0.25) is 0 Å². The Morgan fingerprint density at radius 2 is 2.13 bits per heavy atom. The number of hydrogen-bond acceptors (Lipinski definition) is 1.